The van der Waals surface area contributed by atoms with Crippen molar-refractivity contribution in [2.24, 2.45) is 5.92 Å². The molecule has 6 rings (SSSR count). The van der Waals surface area contributed by atoms with Crippen LogP contribution >= 0.6 is 11.3 Å². The number of piperazine rings is 1. The molecule has 0 N–H and O–H groups in total. The molecule has 7 nitrogen and oxygen atoms in total. The zero-order chi connectivity index (χ0) is 24.1. The molecule has 1 unspecified atom stereocenters. The highest BCUT2D eigenvalue weighted by Gasteiger charge is 2.32. The first-order chi connectivity index (χ1) is 17.0. The van der Waals surface area contributed by atoms with Crippen molar-refractivity contribution in [2.45, 2.75) is 44.9 Å². The third kappa shape index (κ3) is 4.22. The molecule has 0 spiro atoms. The first-order valence-corrected chi connectivity index (χ1v) is 13.4. The Morgan fingerprint density at radius 1 is 1.00 bits per heavy atom. The Hall–Kier alpha value is -2.87. The number of anilines is 1. The highest BCUT2D eigenvalue weighted by Crippen LogP contribution is 2.44. The number of nitrogens with zero attached hydrogens (tertiary/aromatic N) is 4. The molecule has 1 aromatic carbocycles. The van der Waals surface area contributed by atoms with Crippen LogP contribution in [0.25, 0.3) is 10.2 Å². The van der Waals surface area contributed by atoms with E-state index >= 15 is 0 Å². The summed E-state index contributed by atoms with van der Waals surface area (Å²) < 4.78 is 10.7. The fourth-order valence-electron chi connectivity index (χ4n) is 5.33. The molecule has 1 saturated heterocycles. The van der Waals surface area contributed by atoms with Gasteiger partial charge in [0.2, 0.25) is 0 Å². The third-order valence-electron chi connectivity index (χ3n) is 7.56. The number of hydrogen-bond donors (Lipinski definition) is 0. The van der Waals surface area contributed by atoms with Crippen molar-refractivity contribution in [3.05, 3.63) is 40.0 Å². The van der Waals surface area contributed by atoms with E-state index in [0.29, 0.717) is 36.1 Å². The average molecular weight is 493 g/mol. The topological polar surface area (TPSA) is 67.8 Å². The number of thiophene rings is 1. The molecule has 8 heteroatoms. The van der Waals surface area contributed by atoms with Crippen molar-refractivity contribution in [2.75, 3.05) is 45.3 Å². The minimum atomic E-state index is 0.00949. The molecule has 3 aromatic rings. The predicted octanol–water partition coefficient (Wildman–Crippen LogP) is 4.67. The van der Waals surface area contributed by atoms with Crippen molar-refractivity contribution in [1.82, 2.24) is 14.9 Å². The predicted molar refractivity (Wildman–Crippen MR) is 138 cm³/mol. The average Bonchev–Trinajstić information content (AvgIpc) is 3.68. The summed E-state index contributed by atoms with van der Waals surface area (Å²) in [4.78, 5) is 30.5. The van der Waals surface area contributed by atoms with Crippen LogP contribution < -0.4 is 14.4 Å². The lowest BCUT2D eigenvalue weighted by Crippen LogP contribution is -2.49. The number of aryl methyl sites for hydroxylation is 1. The number of carbonyl (C=O) groups is 1. The van der Waals surface area contributed by atoms with Crippen LogP contribution in [-0.2, 0) is 12.8 Å². The normalized spacial score (nSPS) is 20.1. The molecule has 1 aliphatic heterocycles. The monoisotopic (exact) mass is 492 g/mol. The molecule has 0 bridgehead atoms. The van der Waals surface area contributed by atoms with Gasteiger partial charge in [0.25, 0.3) is 5.91 Å². The van der Waals surface area contributed by atoms with E-state index in [1.54, 1.807) is 32.4 Å². The van der Waals surface area contributed by atoms with E-state index in [0.717, 1.165) is 48.3 Å². The fourth-order valence-corrected chi connectivity index (χ4v) is 6.71. The Labute approximate surface area is 210 Å². The SMILES string of the molecule is COc1cc(OC)cc(C(=O)N2CCN(c3nc(C4CC4)nc4sc5c(c34)CCC(C)C5)CC2)c1. The quantitative estimate of drug-likeness (QED) is 0.516. The number of methoxy groups -OCH3 is 2. The van der Waals surface area contributed by atoms with Gasteiger partial charge in [-0.2, -0.15) is 0 Å². The number of ether oxygens (including phenoxy) is 2. The van der Waals surface area contributed by atoms with Gasteiger partial charge in [-0.15, -0.1) is 11.3 Å². The van der Waals surface area contributed by atoms with Gasteiger partial charge in [0, 0.05) is 48.6 Å². The van der Waals surface area contributed by atoms with E-state index in [-0.39, 0.29) is 5.91 Å². The standard InChI is InChI=1S/C27H32N4O3S/c1-16-4-7-21-22(12-16)35-26-23(21)25(28-24(29-26)17-5-6-17)30-8-10-31(11-9-30)27(32)18-13-19(33-2)15-20(14-18)34-3/h13-17H,4-12H2,1-3H3. The summed E-state index contributed by atoms with van der Waals surface area (Å²) >= 11 is 1.88. The molecule has 1 amide bonds. The minimum Gasteiger partial charge on any atom is -0.497 e. The van der Waals surface area contributed by atoms with Gasteiger partial charge < -0.3 is 19.3 Å². The van der Waals surface area contributed by atoms with Gasteiger partial charge >= 0.3 is 0 Å². The van der Waals surface area contributed by atoms with Crippen molar-refractivity contribution in [3.8, 4) is 11.5 Å². The maximum Gasteiger partial charge on any atom is 0.254 e. The van der Waals surface area contributed by atoms with Crippen LogP contribution in [0.1, 0.15) is 58.7 Å². The molecule has 1 saturated carbocycles. The Kier molecular flexibility index (Phi) is 5.79. The van der Waals surface area contributed by atoms with Crippen molar-refractivity contribution < 1.29 is 14.3 Å². The summed E-state index contributed by atoms with van der Waals surface area (Å²) in [6, 6.07) is 5.35. The van der Waals surface area contributed by atoms with Gasteiger partial charge in [-0.25, -0.2) is 9.97 Å². The number of amides is 1. The molecular weight excluding hydrogens is 460 g/mol. The lowest BCUT2D eigenvalue weighted by atomic mass is 9.89. The van der Waals surface area contributed by atoms with Crippen molar-refractivity contribution in [3.63, 3.8) is 0 Å². The van der Waals surface area contributed by atoms with Crippen LogP contribution in [0.5, 0.6) is 11.5 Å². The Balaban J connectivity index is 1.27. The molecule has 184 valence electrons. The number of rotatable bonds is 5. The largest absolute Gasteiger partial charge is 0.497 e. The van der Waals surface area contributed by atoms with Crippen molar-refractivity contribution >= 4 is 33.3 Å². The van der Waals surface area contributed by atoms with Crippen LogP contribution in [0.15, 0.2) is 18.2 Å². The van der Waals surface area contributed by atoms with E-state index in [2.05, 4.69) is 11.8 Å². The van der Waals surface area contributed by atoms with E-state index in [1.165, 1.54) is 35.1 Å². The minimum absolute atomic E-state index is 0.00949. The summed E-state index contributed by atoms with van der Waals surface area (Å²) in [7, 11) is 3.20. The molecular formula is C27H32N4O3S. The lowest BCUT2D eigenvalue weighted by Gasteiger charge is -2.36. The zero-order valence-corrected chi connectivity index (χ0v) is 21.5. The second-order valence-electron chi connectivity index (χ2n) is 10.1. The molecule has 35 heavy (non-hydrogen) atoms. The number of hydrogen-bond acceptors (Lipinski definition) is 7. The Morgan fingerprint density at radius 3 is 2.37 bits per heavy atom. The van der Waals surface area contributed by atoms with Gasteiger partial charge in [0.05, 0.1) is 19.6 Å². The van der Waals surface area contributed by atoms with E-state index in [1.807, 2.05) is 16.2 Å². The first-order valence-electron chi connectivity index (χ1n) is 12.6. The number of carbonyl (C=O) groups excluding carboxylic acids is 1. The van der Waals surface area contributed by atoms with Crippen LogP contribution in [0.2, 0.25) is 0 Å². The van der Waals surface area contributed by atoms with Gasteiger partial charge in [-0.05, 0) is 55.7 Å². The molecule has 3 heterocycles. The summed E-state index contributed by atoms with van der Waals surface area (Å²) in [5.41, 5.74) is 2.07. The van der Waals surface area contributed by atoms with Crippen LogP contribution in [0.3, 0.4) is 0 Å². The van der Waals surface area contributed by atoms with Gasteiger partial charge in [-0.1, -0.05) is 6.92 Å². The second-order valence-corrected chi connectivity index (χ2v) is 11.2. The van der Waals surface area contributed by atoms with Crippen molar-refractivity contribution in [1.29, 1.82) is 0 Å². The van der Waals surface area contributed by atoms with E-state index < -0.39 is 0 Å². The maximum atomic E-state index is 13.3. The van der Waals surface area contributed by atoms with Crippen LogP contribution in [0, 0.1) is 5.92 Å². The highest BCUT2D eigenvalue weighted by molar-refractivity contribution is 7.19. The summed E-state index contributed by atoms with van der Waals surface area (Å²) in [5.74, 6) is 4.62. The number of aromatic nitrogens is 2. The highest BCUT2D eigenvalue weighted by atomic mass is 32.1. The molecule has 2 aromatic heterocycles. The third-order valence-corrected chi connectivity index (χ3v) is 8.71. The summed E-state index contributed by atoms with van der Waals surface area (Å²) in [6.45, 7) is 5.20. The Morgan fingerprint density at radius 2 is 1.71 bits per heavy atom. The second kappa shape index (κ2) is 8.97. The zero-order valence-electron chi connectivity index (χ0n) is 20.7. The molecule has 2 fully saturated rings. The molecule has 3 aliphatic rings. The number of fused-ring (bicyclic) bond motifs is 3. The Bertz CT molecular complexity index is 1250. The summed E-state index contributed by atoms with van der Waals surface area (Å²) in [6.07, 6.45) is 5.89. The lowest BCUT2D eigenvalue weighted by molar-refractivity contribution is 0.0746. The fraction of sp³-hybridized carbons (Fsp3) is 0.519. The molecule has 0 radical (unpaired) electrons. The first kappa shape index (κ1) is 22.6. The van der Waals surface area contributed by atoms with E-state index in [9.17, 15) is 4.79 Å². The molecule has 2 aliphatic carbocycles. The van der Waals surface area contributed by atoms with E-state index in [4.69, 9.17) is 19.4 Å². The van der Waals surface area contributed by atoms with Gasteiger partial charge in [-0.3, -0.25) is 4.79 Å². The van der Waals surface area contributed by atoms with Crippen LogP contribution in [0.4, 0.5) is 5.82 Å². The molecule has 1 atom stereocenters. The summed E-state index contributed by atoms with van der Waals surface area (Å²) in [5, 5.41) is 1.28. The number of benzene rings is 1. The van der Waals surface area contributed by atoms with Gasteiger partial charge in [0.15, 0.2) is 0 Å². The van der Waals surface area contributed by atoms with Crippen LogP contribution in [-0.4, -0.2) is 61.2 Å². The smallest absolute Gasteiger partial charge is 0.254 e. The van der Waals surface area contributed by atoms with Gasteiger partial charge in [0.1, 0.15) is 28.0 Å². The maximum absolute atomic E-state index is 13.3.